The minimum absolute atomic E-state index is 0.216. The van der Waals surface area contributed by atoms with E-state index in [1.807, 2.05) is 19.9 Å². The quantitative estimate of drug-likeness (QED) is 0.725. The van der Waals surface area contributed by atoms with Crippen molar-refractivity contribution in [1.29, 1.82) is 0 Å². The average molecular weight is 353 g/mol. The number of H-pyrrole nitrogens is 1. The topological polar surface area (TPSA) is 59.8 Å². The molecule has 0 amide bonds. The van der Waals surface area contributed by atoms with Gasteiger partial charge in [-0.15, -0.1) is 0 Å². The zero-order chi connectivity index (χ0) is 18.8. The standard InChI is InChI=1S/C21H27N3O2/c1-5-11-23-18-13-17(16-9-7-15(8-10-16)14(3)4)22-19(18)20(25)24(12-6-2)21(23)26/h7-10,13-14,22H,5-6,11-12H2,1-4H3. The largest absolute Gasteiger partial charge is 0.349 e. The Morgan fingerprint density at radius 3 is 2.15 bits per heavy atom. The Kier molecular flexibility index (Phi) is 5.16. The van der Waals surface area contributed by atoms with Crippen molar-refractivity contribution >= 4 is 11.0 Å². The molecule has 0 aliphatic heterocycles. The number of hydrogen-bond acceptors (Lipinski definition) is 2. The van der Waals surface area contributed by atoms with Gasteiger partial charge in [-0.3, -0.25) is 13.9 Å². The minimum atomic E-state index is -0.232. The van der Waals surface area contributed by atoms with Crippen LogP contribution in [-0.2, 0) is 13.1 Å². The lowest BCUT2D eigenvalue weighted by molar-refractivity contribution is 0.558. The summed E-state index contributed by atoms with van der Waals surface area (Å²) in [5.41, 5.74) is 3.91. The molecule has 0 spiro atoms. The molecule has 0 atom stereocenters. The van der Waals surface area contributed by atoms with E-state index in [0.717, 1.165) is 24.1 Å². The van der Waals surface area contributed by atoms with Crippen molar-refractivity contribution in [3.63, 3.8) is 0 Å². The van der Waals surface area contributed by atoms with Crippen LogP contribution in [0.4, 0.5) is 0 Å². The molecule has 0 bridgehead atoms. The van der Waals surface area contributed by atoms with E-state index in [-0.39, 0.29) is 11.2 Å². The maximum absolute atomic E-state index is 12.8. The van der Waals surface area contributed by atoms with Gasteiger partial charge in [0.15, 0.2) is 0 Å². The van der Waals surface area contributed by atoms with E-state index in [1.165, 1.54) is 10.1 Å². The van der Waals surface area contributed by atoms with Gasteiger partial charge in [0.05, 0.1) is 5.52 Å². The number of aromatic amines is 1. The second-order valence-corrected chi connectivity index (χ2v) is 7.11. The highest BCUT2D eigenvalue weighted by molar-refractivity contribution is 5.82. The third-order valence-corrected chi connectivity index (χ3v) is 4.79. The van der Waals surface area contributed by atoms with Gasteiger partial charge in [0.25, 0.3) is 5.56 Å². The smallest absolute Gasteiger partial charge is 0.331 e. The first-order valence-electron chi connectivity index (χ1n) is 9.44. The molecule has 5 heteroatoms. The first-order chi connectivity index (χ1) is 12.5. The Bertz CT molecular complexity index is 1020. The highest BCUT2D eigenvalue weighted by Crippen LogP contribution is 2.24. The second-order valence-electron chi connectivity index (χ2n) is 7.11. The lowest BCUT2D eigenvalue weighted by Crippen LogP contribution is -2.39. The van der Waals surface area contributed by atoms with Gasteiger partial charge < -0.3 is 4.98 Å². The van der Waals surface area contributed by atoms with Crippen molar-refractivity contribution < 1.29 is 0 Å². The summed E-state index contributed by atoms with van der Waals surface area (Å²) in [4.78, 5) is 28.8. The van der Waals surface area contributed by atoms with Crippen molar-refractivity contribution in [2.75, 3.05) is 0 Å². The van der Waals surface area contributed by atoms with Crippen molar-refractivity contribution in [2.45, 2.75) is 59.5 Å². The number of benzene rings is 1. The van der Waals surface area contributed by atoms with E-state index in [2.05, 4.69) is 43.1 Å². The van der Waals surface area contributed by atoms with Crippen LogP contribution in [-0.4, -0.2) is 14.1 Å². The maximum Gasteiger partial charge on any atom is 0.331 e. The highest BCUT2D eigenvalue weighted by atomic mass is 16.2. The number of hydrogen-bond donors (Lipinski definition) is 1. The van der Waals surface area contributed by atoms with E-state index < -0.39 is 0 Å². The van der Waals surface area contributed by atoms with Crippen molar-refractivity contribution in [3.05, 3.63) is 56.7 Å². The van der Waals surface area contributed by atoms with Crippen LogP contribution >= 0.6 is 0 Å². The number of rotatable bonds is 6. The molecular weight excluding hydrogens is 326 g/mol. The fourth-order valence-electron chi connectivity index (χ4n) is 3.35. The number of aryl methyl sites for hydroxylation is 1. The molecule has 3 rings (SSSR count). The summed E-state index contributed by atoms with van der Waals surface area (Å²) < 4.78 is 3.06. The lowest BCUT2D eigenvalue weighted by atomic mass is 10.0. The van der Waals surface area contributed by atoms with Gasteiger partial charge in [-0.05, 0) is 36.0 Å². The van der Waals surface area contributed by atoms with E-state index in [1.54, 1.807) is 4.57 Å². The van der Waals surface area contributed by atoms with Gasteiger partial charge in [-0.2, -0.15) is 0 Å². The molecule has 1 N–H and O–H groups in total. The van der Waals surface area contributed by atoms with Crippen LogP contribution in [0.15, 0.2) is 39.9 Å². The Morgan fingerprint density at radius 1 is 0.962 bits per heavy atom. The van der Waals surface area contributed by atoms with E-state index in [4.69, 9.17) is 0 Å². The molecule has 1 aromatic carbocycles. The van der Waals surface area contributed by atoms with E-state index >= 15 is 0 Å². The predicted octanol–water partition coefficient (Wildman–Crippen LogP) is 4.10. The Morgan fingerprint density at radius 2 is 1.58 bits per heavy atom. The number of aromatic nitrogens is 3. The predicted molar refractivity (Wildman–Crippen MR) is 107 cm³/mol. The number of fused-ring (bicyclic) bond motifs is 1. The molecule has 2 heterocycles. The maximum atomic E-state index is 12.8. The molecule has 0 aliphatic rings. The van der Waals surface area contributed by atoms with Gasteiger partial charge in [0, 0.05) is 18.8 Å². The summed E-state index contributed by atoms with van der Waals surface area (Å²) in [6, 6.07) is 10.3. The molecule has 0 saturated heterocycles. The number of nitrogens with one attached hydrogen (secondary N) is 1. The summed E-state index contributed by atoms with van der Waals surface area (Å²) in [6.45, 7) is 9.37. The molecule has 0 aliphatic carbocycles. The van der Waals surface area contributed by atoms with Crippen LogP contribution in [0.5, 0.6) is 0 Å². The van der Waals surface area contributed by atoms with Crippen LogP contribution in [0.3, 0.4) is 0 Å². The van der Waals surface area contributed by atoms with Crippen molar-refractivity contribution in [1.82, 2.24) is 14.1 Å². The molecule has 26 heavy (non-hydrogen) atoms. The third-order valence-electron chi connectivity index (χ3n) is 4.79. The Labute approximate surface area is 153 Å². The van der Waals surface area contributed by atoms with Crippen LogP contribution < -0.4 is 11.2 Å². The lowest BCUT2D eigenvalue weighted by Gasteiger charge is -2.10. The fraction of sp³-hybridized carbons (Fsp3) is 0.429. The van der Waals surface area contributed by atoms with Gasteiger partial charge in [-0.25, -0.2) is 4.79 Å². The fourth-order valence-corrected chi connectivity index (χ4v) is 3.35. The summed E-state index contributed by atoms with van der Waals surface area (Å²) in [5, 5.41) is 0. The molecule has 0 fully saturated rings. The summed E-state index contributed by atoms with van der Waals surface area (Å²) in [5.74, 6) is 0.475. The Hall–Kier alpha value is -2.56. The van der Waals surface area contributed by atoms with Gasteiger partial charge in [0.2, 0.25) is 0 Å². The van der Waals surface area contributed by atoms with Gasteiger partial charge in [-0.1, -0.05) is 52.0 Å². The first kappa shape index (κ1) is 18.2. The molecule has 0 saturated carbocycles. The monoisotopic (exact) mass is 353 g/mol. The highest BCUT2D eigenvalue weighted by Gasteiger charge is 2.16. The SMILES string of the molecule is CCCn1c(=O)c2[nH]c(-c3ccc(C(C)C)cc3)cc2n(CCC)c1=O. The summed E-state index contributed by atoms with van der Waals surface area (Å²) in [6.07, 6.45) is 1.58. The van der Waals surface area contributed by atoms with Gasteiger partial charge >= 0.3 is 5.69 Å². The van der Waals surface area contributed by atoms with Gasteiger partial charge in [0.1, 0.15) is 5.52 Å². The molecule has 138 valence electrons. The Balaban J connectivity index is 2.21. The second kappa shape index (κ2) is 7.36. The summed E-state index contributed by atoms with van der Waals surface area (Å²) in [7, 11) is 0. The zero-order valence-electron chi connectivity index (χ0n) is 16.0. The van der Waals surface area contributed by atoms with Crippen LogP contribution in [0.1, 0.15) is 52.0 Å². The molecular formula is C21H27N3O2. The summed E-state index contributed by atoms with van der Waals surface area (Å²) >= 11 is 0. The minimum Gasteiger partial charge on any atom is -0.349 e. The van der Waals surface area contributed by atoms with Crippen LogP contribution in [0.25, 0.3) is 22.3 Å². The van der Waals surface area contributed by atoms with Crippen LogP contribution in [0.2, 0.25) is 0 Å². The van der Waals surface area contributed by atoms with E-state index in [9.17, 15) is 9.59 Å². The van der Waals surface area contributed by atoms with Crippen molar-refractivity contribution in [2.24, 2.45) is 0 Å². The molecule has 0 unspecified atom stereocenters. The molecule has 5 nitrogen and oxygen atoms in total. The van der Waals surface area contributed by atoms with E-state index in [0.29, 0.717) is 30.0 Å². The zero-order valence-corrected chi connectivity index (χ0v) is 16.0. The molecule has 3 aromatic rings. The molecule has 0 radical (unpaired) electrons. The molecule has 2 aromatic heterocycles. The third kappa shape index (κ3) is 3.14. The van der Waals surface area contributed by atoms with Crippen LogP contribution in [0, 0.1) is 0 Å². The van der Waals surface area contributed by atoms with Crippen molar-refractivity contribution in [3.8, 4) is 11.3 Å². The average Bonchev–Trinajstić information content (AvgIpc) is 3.08. The number of nitrogens with zero attached hydrogens (tertiary/aromatic N) is 2. The normalized spacial score (nSPS) is 11.6. The first-order valence-corrected chi connectivity index (χ1v) is 9.44.